The lowest BCUT2D eigenvalue weighted by molar-refractivity contribution is -0.119. The van der Waals surface area contributed by atoms with Gasteiger partial charge in [0.15, 0.2) is 11.5 Å². The molecule has 0 bridgehead atoms. The van der Waals surface area contributed by atoms with Crippen LogP contribution in [-0.2, 0) is 4.79 Å². The molecule has 1 saturated heterocycles. The van der Waals surface area contributed by atoms with Crippen molar-refractivity contribution in [1.82, 2.24) is 24.5 Å². The van der Waals surface area contributed by atoms with Crippen molar-refractivity contribution in [3.05, 3.63) is 54.1 Å². The summed E-state index contributed by atoms with van der Waals surface area (Å²) in [7, 11) is 1.66. The highest BCUT2D eigenvalue weighted by molar-refractivity contribution is 5.92. The van der Waals surface area contributed by atoms with Gasteiger partial charge >= 0.3 is 0 Å². The van der Waals surface area contributed by atoms with E-state index in [9.17, 15) is 4.79 Å². The summed E-state index contributed by atoms with van der Waals surface area (Å²) >= 11 is 0. The van der Waals surface area contributed by atoms with Crippen molar-refractivity contribution < 1.29 is 9.53 Å². The first-order valence-electron chi connectivity index (χ1n) is 11.1. The van der Waals surface area contributed by atoms with Crippen LogP contribution in [0, 0.1) is 13.8 Å². The minimum Gasteiger partial charge on any atom is -0.496 e. The molecule has 10 nitrogen and oxygen atoms in total. The maximum atomic E-state index is 12.0. The van der Waals surface area contributed by atoms with Crippen molar-refractivity contribution in [2.24, 2.45) is 5.73 Å². The summed E-state index contributed by atoms with van der Waals surface area (Å²) in [5.74, 6) is 2.03. The van der Waals surface area contributed by atoms with Crippen molar-refractivity contribution in [3.63, 3.8) is 0 Å². The maximum Gasteiger partial charge on any atom is 0.240 e. The molecule has 4 heterocycles. The van der Waals surface area contributed by atoms with Gasteiger partial charge in [-0.2, -0.15) is 9.97 Å². The predicted molar refractivity (Wildman–Crippen MR) is 130 cm³/mol. The van der Waals surface area contributed by atoms with Gasteiger partial charge in [0.2, 0.25) is 11.9 Å². The molecule has 0 saturated carbocycles. The van der Waals surface area contributed by atoms with Gasteiger partial charge in [0.25, 0.3) is 0 Å². The molecule has 1 aliphatic heterocycles. The van der Waals surface area contributed by atoms with E-state index in [1.165, 1.54) is 0 Å². The number of rotatable bonds is 6. The van der Waals surface area contributed by atoms with Crippen molar-refractivity contribution in [2.75, 3.05) is 23.9 Å². The number of nitrogens with zero attached hydrogens (tertiary/aromatic N) is 6. The number of methoxy groups -OCH3 is 1. The van der Waals surface area contributed by atoms with Crippen molar-refractivity contribution in [2.45, 2.75) is 32.7 Å². The molecule has 4 aromatic rings. The Morgan fingerprint density at radius 2 is 2.09 bits per heavy atom. The Labute approximate surface area is 196 Å². The molecule has 1 aromatic carbocycles. The van der Waals surface area contributed by atoms with E-state index in [1.807, 2.05) is 47.7 Å². The van der Waals surface area contributed by atoms with Crippen molar-refractivity contribution >= 4 is 34.5 Å². The standard InChI is InChI=1S/C24H26N8O2/c1-14-10-16(11-19(34-3)15(14)2)31-12-20(27-13-31)28-24-29-22-17(6-4-8-26-22)23(30-24)32-9-5-7-18(32)21(25)33/h4,6,8,10-13,18H,5,7,9H2,1-3H3,(H2,25,33)(H,26,28,29,30)/t18-/m0/s1. The summed E-state index contributed by atoms with van der Waals surface area (Å²) in [5, 5.41) is 3.95. The number of benzene rings is 1. The number of primary amides is 1. The van der Waals surface area contributed by atoms with E-state index in [2.05, 4.69) is 26.3 Å². The molecule has 1 atom stereocenters. The fourth-order valence-electron chi connectivity index (χ4n) is 4.35. The van der Waals surface area contributed by atoms with Gasteiger partial charge in [-0.25, -0.2) is 9.97 Å². The number of hydrogen-bond acceptors (Lipinski definition) is 8. The summed E-state index contributed by atoms with van der Waals surface area (Å²) in [6, 6.07) is 7.39. The molecule has 0 radical (unpaired) electrons. The zero-order valence-corrected chi connectivity index (χ0v) is 19.3. The zero-order valence-electron chi connectivity index (χ0n) is 19.3. The van der Waals surface area contributed by atoms with E-state index >= 15 is 0 Å². The summed E-state index contributed by atoms with van der Waals surface area (Å²) < 4.78 is 7.41. The highest BCUT2D eigenvalue weighted by Crippen LogP contribution is 2.31. The molecule has 1 aliphatic rings. The van der Waals surface area contributed by atoms with Crippen LogP contribution in [0.4, 0.5) is 17.6 Å². The smallest absolute Gasteiger partial charge is 0.240 e. The normalized spacial score (nSPS) is 15.6. The van der Waals surface area contributed by atoms with Crippen LogP contribution in [0.25, 0.3) is 16.7 Å². The minimum atomic E-state index is -0.398. The Bertz CT molecular complexity index is 1380. The number of ether oxygens (including phenoxy) is 1. The van der Waals surface area contributed by atoms with Crippen LogP contribution in [0.2, 0.25) is 0 Å². The van der Waals surface area contributed by atoms with Gasteiger partial charge in [-0.1, -0.05) is 0 Å². The first kappa shape index (κ1) is 21.6. The van der Waals surface area contributed by atoms with Crippen LogP contribution >= 0.6 is 0 Å². The third-order valence-corrected chi connectivity index (χ3v) is 6.25. The van der Waals surface area contributed by atoms with Crippen LogP contribution in [0.15, 0.2) is 43.0 Å². The topological polar surface area (TPSA) is 124 Å². The molecule has 5 rings (SSSR count). The Kier molecular flexibility index (Phi) is 5.48. The molecule has 3 N–H and O–H groups in total. The largest absolute Gasteiger partial charge is 0.496 e. The van der Waals surface area contributed by atoms with E-state index in [0.29, 0.717) is 36.2 Å². The highest BCUT2D eigenvalue weighted by Gasteiger charge is 2.31. The summed E-state index contributed by atoms with van der Waals surface area (Å²) in [6.07, 6.45) is 6.83. The van der Waals surface area contributed by atoms with Gasteiger partial charge in [0.05, 0.1) is 24.4 Å². The van der Waals surface area contributed by atoms with Gasteiger partial charge in [-0.3, -0.25) is 4.79 Å². The summed E-state index contributed by atoms with van der Waals surface area (Å²) in [5.41, 5.74) is 9.35. The second kappa shape index (κ2) is 8.62. The maximum absolute atomic E-state index is 12.0. The van der Waals surface area contributed by atoms with Gasteiger partial charge in [0.1, 0.15) is 23.9 Å². The molecular weight excluding hydrogens is 432 g/mol. The number of amides is 1. The Balaban J connectivity index is 1.49. The number of pyridine rings is 1. The van der Waals surface area contributed by atoms with Crippen LogP contribution < -0.4 is 20.7 Å². The first-order chi connectivity index (χ1) is 16.4. The molecule has 0 unspecified atom stereocenters. The Morgan fingerprint density at radius 1 is 1.24 bits per heavy atom. The fourth-order valence-corrected chi connectivity index (χ4v) is 4.35. The number of imidazole rings is 1. The third kappa shape index (κ3) is 3.87. The molecule has 1 amide bonds. The molecule has 1 fully saturated rings. The molecule has 3 aromatic heterocycles. The lowest BCUT2D eigenvalue weighted by Gasteiger charge is -2.24. The van der Waals surface area contributed by atoms with Gasteiger partial charge in [-0.15, -0.1) is 0 Å². The quantitative estimate of drug-likeness (QED) is 0.452. The number of aryl methyl sites for hydroxylation is 1. The zero-order chi connectivity index (χ0) is 23.8. The highest BCUT2D eigenvalue weighted by atomic mass is 16.5. The molecule has 0 aliphatic carbocycles. The molecular formula is C24H26N8O2. The lowest BCUT2D eigenvalue weighted by atomic mass is 10.1. The number of fused-ring (bicyclic) bond motifs is 1. The number of hydrogen-bond donors (Lipinski definition) is 2. The first-order valence-corrected chi connectivity index (χ1v) is 11.1. The number of anilines is 3. The lowest BCUT2D eigenvalue weighted by Crippen LogP contribution is -2.41. The van der Waals surface area contributed by atoms with Gasteiger partial charge < -0.3 is 25.3 Å². The van der Waals surface area contributed by atoms with E-state index in [0.717, 1.165) is 34.4 Å². The number of nitrogens with one attached hydrogen (secondary N) is 1. The molecule has 34 heavy (non-hydrogen) atoms. The van der Waals surface area contributed by atoms with Crippen molar-refractivity contribution in [3.8, 4) is 11.4 Å². The SMILES string of the molecule is COc1cc(-n2cnc(Nc3nc(N4CCC[C@H]4C(N)=O)c4cccnc4n3)c2)cc(C)c1C. The Hall–Kier alpha value is -4.21. The van der Waals surface area contributed by atoms with E-state index in [-0.39, 0.29) is 5.91 Å². The predicted octanol–water partition coefficient (Wildman–Crippen LogP) is 3.03. The molecule has 0 spiro atoms. The average Bonchev–Trinajstić information content (AvgIpc) is 3.50. The van der Waals surface area contributed by atoms with Crippen molar-refractivity contribution in [1.29, 1.82) is 0 Å². The van der Waals surface area contributed by atoms with Crippen LogP contribution in [0.3, 0.4) is 0 Å². The Morgan fingerprint density at radius 3 is 2.88 bits per heavy atom. The fraction of sp³-hybridized carbons (Fsp3) is 0.292. The molecule has 174 valence electrons. The number of nitrogens with two attached hydrogens (primary N) is 1. The van der Waals surface area contributed by atoms with E-state index < -0.39 is 6.04 Å². The summed E-state index contributed by atoms with van der Waals surface area (Å²) in [6.45, 7) is 4.77. The van der Waals surface area contributed by atoms with Gasteiger partial charge in [-0.05, 0) is 56.0 Å². The van der Waals surface area contributed by atoms with Gasteiger partial charge in [0, 0.05) is 18.8 Å². The van der Waals surface area contributed by atoms with E-state index in [4.69, 9.17) is 15.5 Å². The van der Waals surface area contributed by atoms with E-state index in [1.54, 1.807) is 19.6 Å². The monoisotopic (exact) mass is 458 g/mol. The molecule has 10 heteroatoms. The number of aromatic nitrogens is 5. The second-order valence-electron chi connectivity index (χ2n) is 8.38. The number of carbonyl (C=O) groups excluding carboxylic acids is 1. The van der Waals surface area contributed by atoms with Crippen LogP contribution in [0.5, 0.6) is 5.75 Å². The average molecular weight is 459 g/mol. The van der Waals surface area contributed by atoms with Crippen LogP contribution in [-0.4, -0.2) is 50.1 Å². The second-order valence-corrected chi connectivity index (χ2v) is 8.38. The summed E-state index contributed by atoms with van der Waals surface area (Å²) in [4.78, 5) is 32.1. The van der Waals surface area contributed by atoms with Crippen LogP contribution in [0.1, 0.15) is 24.0 Å². The minimum absolute atomic E-state index is 0.347. The number of carbonyl (C=O) groups is 1. The third-order valence-electron chi connectivity index (χ3n) is 6.25.